The SMILES string of the molecule is C=C[Si](C=C)(C=C)CC[Si](C)(C)C. The van der Waals surface area contributed by atoms with Gasteiger partial charge in [-0.05, 0) is 6.04 Å². The molecule has 0 aliphatic rings. The summed E-state index contributed by atoms with van der Waals surface area (Å²) in [7, 11) is -2.43. The summed E-state index contributed by atoms with van der Waals surface area (Å²) >= 11 is 0. The van der Waals surface area contributed by atoms with Crippen LogP contribution in [-0.2, 0) is 0 Å². The molecule has 0 aliphatic carbocycles. The van der Waals surface area contributed by atoms with E-state index in [1.165, 1.54) is 12.1 Å². The van der Waals surface area contributed by atoms with Crippen molar-refractivity contribution in [2.75, 3.05) is 0 Å². The second kappa shape index (κ2) is 4.77. The molecule has 0 rings (SSSR count). The van der Waals surface area contributed by atoms with Crippen LogP contribution in [-0.4, -0.2) is 16.1 Å². The fraction of sp³-hybridized carbons (Fsp3) is 0.455. The average Bonchev–Trinajstić information content (AvgIpc) is 2.06. The van der Waals surface area contributed by atoms with Gasteiger partial charge in [0, 0.05) is 8.07 Å². The number of hydrogen-bond acceptors (Lipinski definition) is 0. The third-order valence-electron chi connectivity index (χ3n) is 2.45. The van der Waals surface area contributed by atoms with E-state index < -0.39 is 16.1 Å². The van der Waals surface area contributed by atoms with Crippen molar-refractivity contribution in [1.82, 2.24) is 0 Å². The third-order valence-corrected chi connectivity index (χ3v) is 8.09. The molecule has 74 valence electrons. The Morgan fingerprint density at radius 2 is 1.23 bits per heavy atom. The first kappa shape index (κ1) is 12.7. The van der Waals surface area contributed by atoms with E-state index >= 15 is 0 Å². The van der Waals surface area contributed by atoms with Gasteiger partial charge >= 0.3 is 0 Å². The van der Waals surface area contributed by atoms with Crippen molar-refractivity contribution in [1.29, 1.82) is 0 Å². The van der Waals surface area contributed by atoms with Crippen LogP contribution in [0.15, 0.2) is 36.8 Å². The van der Waals surface area contributed by atoms with Gasteiger partial charge in [0.1, 0.15) is 8.07 Å². The first-order valence-electron chi connectivity index (χ1n) is 4.80. The monoisotopic (exact) mass is 210 g/mol. The van der Waals surface area contributed by atoms with E-state index in [0.29, 0.717) is 0 Å². The first-order valence-corrected chi connectivity index (χ1v) is 10.9. The lowest BCUT2D eigenvalue weighted by Crippen LogP contribution is -2.31. The molecule has 0 atom stereocenters. The van der Waals surface area contributed by atoms with Gasteiger partial charge in [0.05, 0.1) is 0 Å². The number of rotatable bonds is 6. The van der Waals surface area contributed by atoms with Gasteiger partial charge in [-0.2, -0.15) is 0 Å². The molecule has 0 aromatic rings. The Morgan fingerprint density at radius 1 is 0.846 bits per heavy atom. The fourth-order valence-electron chi connectivity index (χ4n) is 1.15. The molecular weight excluding hydrogens is 188 g/mol. The van der Waals surface area contributed by atoms with Gasteiger partial charge in [0.25, 0.3) is 0 Å². The van der Waals surface area contributed by atoms with Crippen molar-refractivity contribution in [3.05, 3.63) is 36.8 Å². The van der Waals surface area contributed by atoms with Crippen LogP contribution in [0.1, 0.15) is 0 Å². The van der Waals surface area contributed by atoms with Gasteiger partial charge in [-0.3, -0.25) is 0 Å². The van der Waals surface area contributed by atoms with E-state index in [4.69, 9.17) is 0 Å². The summed E-state index contributed by atoms with van der Waals surface area (Å²) in [5.41, 5.74) is 6.27. The molecule has 0 saturated heterocycles. The van der Waals surface area contributed by atoms with Crippen LogP contribution < -0.4 is 0 Å². The lowest BCUT2D eigenvalue weighted by Gasteiger charge is -2.24. The minimum Gasteiger partial charge on any atom is -0.106 e. The highest BCUT2D eigenvalue weighted by atomic mass is 28.3. The van der Waals surface area contributed by atoms with E-state index in [2.05, 4.69) is 56.5 Å². The van der Waals surface area contributed by atoms with Gasteiger partial charge < -0.3 is 0 Å². The van der Waals surface area contributed by atoms with E-state index in [-0.39, 0.29) is 0 Å². The maximum absolute atomic E-state index is 3.91. The topological polar surface area (TPSA) is 0 Å². The van der Waals surface area contributed by atoms with Crippen molar-refractivity contribution >= 4 is 16.1 Å². The summed E-state index contributed by atoms with van der Waals surface area (Å²) < 4.78 is 0. The van der Waals surface area contributed by atoms with Crippen molar-refractivity contribution in [3.8, 4) is 0 Å². The second-order valence-electron chi connectivity index (χ2n) is 4.79. The molecule has 0 unspecified atom stereocenters. The Bertz CT molecular complexity index is 177. The largest absolute Gasteiger partial charge is 0.124 e. The van der Waals surface area contributed by atoms with Crippen molar-refractivity contribution < 1.29 is 0 Å². The summed E-state index contributed by atoms with van der Waals surface area (Å²) in [6.45, 7) is 18.9. The molecule has 0 aromatic heterocycles. The third kappa shape index (κ3) is 4.43. The molecule has 0 spiro atoms. The van der Waals surface area contributed by atoms with Crippen LogP contribution in [0.2, 0.25) is 31.7 Å². The zero-order valence-electron chi connectivity index (χ0n) is 9.27. The summed E-state index contributed by atoms with van der Waals surface area (Å²) in [5, 5.41) is 0. The summed E-state index contributed by atoms with van der Waals surface area (Å²) in [4.78, 5) is 0. The Kier molecular flexibility index (Phi) is 4.64. The van der Waals surface area contributed by atoms with E-state index in [9.17, 15) is 0 Å². The van der Waals surface area contributed by atoms with Crippen LogP contribution in [0.5, 0.6) is 0 Å². The first-order chi connectivity index (χ1) is 5.89. The highest BCUT2D eigenvalue weighted by Gasteiger charge is 2.24. The predicted molar refractivity (Wildman–Crippen MR) is 69.3 cm³/mol. The highest BCUT2D eigenvalue weighted by molar-refractivity contribution is 6.94. The molecule has 0 amide bonds. The van der Waals surface area contributed by atoms with Gasteiger partial charge in [0.15, 0.2) is 0 Å². The molecule has 0 N–H and O–H groups in total. The molecule has 0 aliphatic heterocycles. The molecule has 0 nitrogen and oxygen atoms in total. The normalized spacial score (nSPS) is 12.2. The quantitative estimate of drug-likeness (QED) is 0.582. The molecule has 0 bridgehead atoms. The van der Waals surface area contributed by atoms with Crippen LogP contribution in [0.4, 0.5) is 0 Å². The van der Waals surface area contributed by atoms with Crippen LogP contribution in [0, 0.1) is 0 Å². The minimum atomic E-state index is -1.50. The Morgan fingerprint density at radius 3 is 1.46 bits per heavy atom. The summed E-state index contributed by atoms with van der Waals surface area (Å²) in [5.74, 6) is 0. The van der Waals surface area contributed by atoms with Crippen LogP contribution in [0.25, 0.3) is 0 Å². The lowest BCUT2D eigenvalue weighted by atomic mass is 10.9. The average molecular weight is 210 g/mol. The van der Waals surface area contributed by atoms with E-state index in [1.807, 2.05) is 0 Å². The van der Waals surface area contributed by atoms with Crippen LogP contribution >= 0.6 is 0 Å². The summed E-state index contributed by atoms with van der Waals surface area (Å²) in [6, 6.07) is 2.60. The molecule has 0 radical (unpaired) electrons. The molecule has 13 heavy (non-hydrogen) atoms. The Hall–Kier alpha value is -0.346. The zero-order valence-corrected chi connectivity index (χ0v) is 11.3. The molecule has 2 heteroatoms. The van der Waals surface area contributed by atoms with Gasteiger partial charge in [0.2, 0.25) is 0 Å². The second-order valence-corrected chi connectivity index (χ2v) is 14.4. The standard InChI is InChI=1S/C11H22Si2/c1-7-13(8-2,9-3)11-10-12(4,5)6/h7-9H,1-3,10-11H2,4-6H3. The van der Waals surface area contributed by atoms with Crippen molar-refractivity contribution in [2.45, 2.75) is 31.7 Å². The summed E-state index contributed by atoms with van der Waals surface area (Å²) in [6.07, 6.45) is 0. The smallest absolute Gasteiger partial charge is 0.106 e. The van der Waals surface area contributed by atoms with E-state index in [1.54, 1.807) is 0 Å². The van der Waals surface area contributed by atoms with E-state index in [0.717, 1.165) is 0 Å². The maximum atomic E-state index is 3.91. The zero-order chi connectivity index (χ0) is 10.5. The van der Waals surface area contributed by atoms with Crippen LogP contribution in [0.3, 0.4) is 0 Å². The Balaban J connectivity index is 4.36. The molecule has 0 aromatic carbocycles. The fourth-order valence-corrected chi connectivity index (χ4v) is 6.99. The molecule has 0 fully saturated rings. The predicted octanol–water partition coefficient (Wildman–Crippen LogP) is 3.95. The maximum Gasteiger partial charge on any atom is 0.124 e. The molecular formula is C11H22Si2. The minimum absolute atomic E-state index is 0.924. The molecule has 0 saturated carbocycles. The van der Waals surface area contributed by atoms with Gasteiger partial charge in [-0.25, -0.2) is 0 Å². The molecule has 0 heterocycles. The number of hydrogen-bond donors (Lipinski definition) is 0. The van der Waals surface area contributed by atoms with Crippen molar-refractivity contribution in [3.63, 3.8) is 0 Å². The van der Waals surface area contributed by atoms with Crippen molar-refractivity contribution in [2.24, 2.45) is 0 Å². The van der Waals surface area contributed by atoms with Gasteiger partial charge in [-0.15, -0.1) is 19.7 Å². The van der Waals surface area contributed by atoms with Gasteiger partial charge in [-0.1, -0.05) is 42.8 Å². The highest BCUT2D eigenvalue weighted by Crippen LogP contribution is 2.22. The lowest BCUT2D eigenvalue weighted by molar-refractivity contribution is 1.30. The Labute approximate surface area is 85.1 Å².